The van der Waals surface area contributed by atoms with Gasteiger partial charge in [-0.1, -0.05) is 29.8 Å². The van der Waals surface area contributed by atoms with E-state index in [1.807, 2.05) is 24.3 Å². The Bertz CT molecular complexity index is 920. The highest BCUT2D eigenvalue weighted by atomic mass is 35.5. The van der Waals surface area contributed by atoms with E-state index in [1.165, 1.54) is 6.21 Å². The number of nitrogens with one attached hydrogen (secondary N) is 1. The zero-order chi connectivity index (χ0) is 22.9. The van der Waals surface area contributed by atoms with Gasteiger partial charge in [0.2, 0.25) is 0 Å². The smallest absolute Gasteiger partial charge is 0.254 e. The van der Waals surface area contributed by atoms with Crippen molar-refractivity contribution < 1.29 is 19.0 Å². The highest BCUT2D eigenvalue weighted by Gasteiger charge is 2.19. The number of amides is 1. The molecule has 3 rings (SSSR count). The van der Waals surface area contributed by atoms with Crippen LogP contribution in [0.25, 0.3) is 0 Å². The van der Waals surface area contributed by atoms with Crippen molar-refractivity contribution in [2.75, 3.05) is 54.1 Å². The Hall–Kier alpha value is -2.81. The van der Waals surface area contributed by atoms with Crippen LogP contribution in [0.4, 0.5) is 0 Å². The van der Waals surface area contributed by atoms with Crippen molar-refractivity contribution in [2.24, 2.45) is 5.10 Å². The van der Waals surface area contributed by atoms with E-state index in [-0.39, 0.29) is 12.5 Å². The van der Waals surface area contributed by atoms with Crippen LogP contribution in [0.5, 0.6) is 17.2 Å². The van der Waals surface area contributed by atoms with Crippen LogP contribution < -0.4 is 19.6 Å². The van der Waals surface area contributed by atoms with Gasteiger partial charge in [-0.05, 0) is 11.6 Å². The van der Waals surface area contributed by atoms with Crippen molar-refractivity contribution in [3.8, 4) is 17.2 Å². The molecular formula is C23H29ClN4O4. The molecule has 1 aliphatic rings. The largest absolute Gasteiger partial charge is 0.496 e. The number of nitrogens with zero attached hydrogens (tertiary/aromatic N) is 3. The highest BCUT2D eigenvalue weighted by molar-refractivity contribution is 6.31. The van der Waals surface area contributed by atoms with Crippen LogP contribution >= 0.6 is 11.6 Å². The van der Waals surface area contributed by atoms with Gasteiger partial charge in [0.1, 0.15) is 17.2 Å². The van der Waals surface area contributed by atoms with E-state index >= 15 is 0 Å². The first-order chi connectivity index (χ1) is 15.5. The molecule has 1 fully saturated rings. The number of piperazine rings is 1. The fraction of sp³-hybridized carbons (Fsp3) is 0.391. The molecule has 0 radical (unpaired) electrons. The minimum Gasteiger partial charge on any atom is -0.496 e. The monoisotopic (exact) mass is 460 g/mol. The minimum atomic E-state index is -0.174. The molecule has 1 N–H and O–H groups in total. The molecule has 0 spiro atoms. The molecule has 32 heavy (non-hydrogen) atoms. The van der Waals surface area contributed by atoms with E-state index in [2.05, 4.69) is 20.3 Å². The normalized spacial score (nSPS) is 15.0. The third-order valence-corrected chi connectivity index (χ3v) is 5.69. The number of benzene rings is 2. The van der Waals surface area contributed by atoms with Crippen LogP contribution in [0.15, 0.2) is 41.5 Å². The molecule has 0 saturated carbocycles. The van der Waals surface area contributed by atoms with Crippen LogP contribution in [-0.2, 0) is 11.3 Å². The summed E-state index contributed by atoms with van der Waals surface area (Å²) in [7, 11) is 4.67. The number of carbonyl (C=O) groups excluding carboxylic acids is 1. The average molecular weight is 461 g/mol. The van der Waals surface area contributed by atoms with Crippen LogP contribution in [-0.4, -0.2) is 76.0 Å². The molecule has 8 nitrogen and oxygen atoms in total. The molecule has 2 aromatic carbocycles. The third-order valence-electron chi connectivity index (χ3n) is 5.32. The van der Waals surface area contributed by atoms with Gasteiger partial charge in [0.05, 0.1) is 39.7 Å². The van der Waals surface area contributed by atoms with Crippen LogP contribution in [0.3, 0.4) is 0 Å². The fourth-order valence-corrected chi connectivity index (χ4v) is 3.74. The van der Waals surface area contributed by atoms with Gasteiger partial charge < -0.3 is 14.2 Å². The number of carbonyl (C=O) groups is 1. The van der Waals surface area contributed by atoms with Crippen molar-refractivity contribution >= 4 is 23.7 Å². The molecule has 0 bridgehead atoms. The lowest BCUT2D eigenvalue weighted by Crippen LogP contribution is -2.48. The van der Waals surface area contributed by atoms with Crippen LogP contribution in [0, 0.1) is 0 Å². The Kier molecular flexibility index (Phi) is 8.72. The summed E-state index contributed by atoms with van der Waals surface area (Å²) in [6, 6.07) is 11.4. The molecule has 1 amide bonds. The average Bonchev–Trinajstić information content (AvgIpc) is 2.81. The number of halogens is 1. The molecule has 1 heterocycles. The summed E-state index contributed by atoms with van der Waals surface area (Å²) in [6.45, 7) is 4.47. The lowest BCUT2D eigenvalue weighted by Gasteiger charge is -2.34. The predicted molar refractivity (Wildman–Crippen MR) is 125 cm³/mol. The topological polar surface area (TPSA) is 75.6 Å². The van der Waals surface area contributed by atoms with Gasteiger partial charge in [-0.3, -0.25) is 14.6 Å². The molecule has 1 aliphatic heterocycles. The maximum atomic E-state index is 12.3. The fourth-order valence-electron chi connectivity index (χ4n) is 3.54. The van der Waals surface area contributed by atoms with Crippen LogP contribution in [0.1, 0.15) is 11.1 Å². The molecule has 0 aromatic heterocycles. The van der Waals surface area contributed by atoms with E-state index in [0.717, 1.165) is 43.3 Å². The number of hydrazone groups is 1. The highest BCUT2D eigenvalue weighted by Crippen LogP contribution is 2.32. The molecule has 9 heteroatoms. The molecule has 0 aliphatic carbocycles. The molecule has 1 saturated heterocycles. The van der Waals surface area contributed by atoms with Gasteiger partial charge >= 0.3 is 0 Å². The van der Waals surface area contributed by atoms with E-state index in [9.17, 15) is 4.79 Å². The quantitative estimate of drug-likeness (QED) is 0.458. The summed E-state index contributed by atoms with van der Waals surface area (Å²) in [5.74, 6) is 1.50. The summed E-state index contributed by atoms with van der Waals surface area (Å²) in [4.78, 5) is 16.8. The maximum Gasteiger partial charge on any atom is 0.254 e. The summed E-state index contributed by atoms with van der Waals surface area (Å²) < 4.78 is 16.0. The second kappa shape index (κ2) is 11.7. The Balaban J connectivity index is 1.49. The van der Waals surface area contributed by atoms with Gasteiger partial charge in [0.15, 0.2) is 0 Å². The molecule has 0 unspecified atom stereocenters. The van der Waals surface area contributed by atoms with Gasteiger partial charge in [0.25, 0.3) is 5.91 Å². The summed E-state index contributed by atoms with van der Waals surface area (Å²) in [6.07, 6.45) is 1.51. The van der Waals surface area contributed by atoms with E-state index in [1.54, 1.807) is 33.5 Å². The summed E-state index contributed by atoms with van der Waals surface area (Å²) in [5.41, 5.74) is 4.32. The van der Waals surface area contributed by atoms with Gasteiger partial charge in [-0.15, -0.1) is 0 Å². The molecular weight excluding hydrogens is 432 g/mol. The summed E-state index contributed by atoms with van der Waals surface area (Å²) in [5, 5.41) is 4.87. The van der Waals surface area contributed by atoms with Crippen molar-refractivity contribution in [3.63, 3.8) is 0 Å². The zero-order valence-corrected chi connectivity index (χ0v) is 19.4. The second-order valence-corrected chi connectivity index (χ2v) is 7.79. The lowest BCUT2D eigenvalue weighted by atomic mass is 10.2. The number of rotatable bonds is 9. The van der Waals surface area contributed by atoms with Crippen LogP contribution in [0.2, 0.25) is 5.02 Å². The van der Waals surface area contributed by atoms with Crippen molar-refractivity contribution in [3.05, 3.63) is 52.5 Å². The van der Waals surface area contributed by atoms with Crippen molar-refractivity contribution in [2.45, 2.75) is 6.54 Å². The van der Waals surface area contributed by atoms with Gasteiger partial charge in [-0.25, -0.2) is 5.43 Å². The van der Waals surface area contributed by atoms with Crippen molar-refractivity contribution in [1.29, 1.82) is 0 Å². The SMILES string of the molecule is COc1cc(OC)c(/C=N/NC(=O)CN2CCN(Cc3ccccc3Cl)CC2)c(OC)c1. The van der Waals surface area contributed by atoms with Gasteiger partial charge in [-0.2, -0.15) is 5.10 Å². The Morgan fingerprint density at radius 1 is 1.03 bits per heavy atom. The Labute approximate surface area is 193 Å². The number of hydrogen-bond donors (Lipinski definition) is 1. The number of hydrogen-bond acceptors (Lipinski definition) is 7. The second-order valence-electron chi connectivity index (χ2n) is 7.38. The summed E-state index contributed by atoms with van der Waals surface area (Å²) >= 11 is 6.26. The molecule has 0 atom stereocenters. The zero-order valence-electron chi connectivity index (χ0n) is 18.6. The number of methoxy groups -OCH3 is 3. The van der Waals surface area contributed by atoms with Crippen molar-refractivity contribution in [1.82, 2.24) is 15.2 Å². The lowest BCUT2D eigenvalue weighted by molar-refractivity contribution is -0.122. The Morgan fingerprint density at radius 2 is 1.66 bits per heavy atom. The standard InChI is InChI=1S/C23H29ClN4O4/c1-30-18-12-21(31-2)19(22(13-18)32-3)14-25-26-23(29)16-28-10-8-27(9-11-28)15-17-6-4-5-7-20(17)24/h4-7,12-14H,8-11,15-16H2,1-3H3,(H,26,29)/b25-14+. The third kappa shape index (κ3) is 6.35. The first-order valence-electron chi connectivity index (χ1n) is 10.3. The number of ether oxygens (including phenoxy) is 3. The van der Waals surface area contributed by atoms with E-state index < -0.39 is 0 Å². The molecule has 2 aromatic rings. The maximum absolute atomic E-state index is 12.3. The predicted octanol–water partition coefficient (Wildman–Crippen LogP) is 2.63. The Morgan fingerprint density at radius 3 is 2.25 bits per heavy atom. The first-order valence-corrected chi connectivity index (χ1v) is 10.7. The van der Waals surface area contributed by atoms with E-state index in [4.69, 9.17) is 25.8 Å². The molecule has 172 valence electrons. The first kappa shape index (κ1) is 23.8. The van der Waals surface area contributed by atoms with E-state index in [0.29, 0.717) is 22.8 Å². The van der Waals surface area contributed by atoms with Gasteiger partial charge in [0, 0.05) is 49.9 Å². The minimum absolute atomic E-state index is 0.174.